The van der Waals surface area contributed by atoms with Gasteiger partial charge in [-0.25, -0.2) is 4.99 Å². The molecule has 0 bridgehead atoms. The van der Waals surface area contributed by atoms with Gasteiger partial charge in [-0.15, -0.1) is 0 Å². The lowest BCUT2D eigenvalue weighted by Gasteiger charge is -2.02. The Bertz CT molecular complexity index is 826. The Kier molecular flexibility index (Phi) is 5.13. The summed E-state index contributed by atoms with van der Waals surface area (Å²) >= 11 is 1.33. The maximum absolute atomic E-state index is 12.0. The molecule has 4 nitrogen and oxygen atoms in total. The lowest BCUT2D eigenvalue weighted by molar-refractivity contribution is -0.115. The molecule has 0 spiro atoms. The predicted molar refractivity (Wildman–Crippen MR) is 99.4 cm³/mol. The zero-order valence-corrected chi connectivity index (χ0v) is 13.9. The van der Waals surface area contributed by atoms with Gasteiger partial charge in [0, 0.05) is 5.56 Å². The predicted octanol–water partition coefficient (Wildman–Crippen LogP) is 4.14. The monoisotopic (exact) mass is 336 g/mol. The van der Waals surface area contributed by atoms with Crippen molar-refractivity contribution in [3.8, 4) is 5.75 Å². The Hall–Kier alpha value is -2.79. The molecule has 1 aliphatic rings. The molecular formula is C19H16N2O2S. The van der Waals surface area contributed by atoms with Gasteiger partial charge < -0.3 is 10.1 Å². The molecule has 1 saturated heterocycles. The second-order valence-corrected chi connectivity index (χ2v) is 5.97. The molecule has 1 N–H and O–H groups in total. The van der Waals surface area contributed by atoms with Crippen molar-refractivity contribution in [1.29, 1.82) is 0 Å². The smallest absolute Gasteiger partial charge is 0.264 e. The maximum Gasteiger partial charge on any atom is 0.264 e. The number of benzene rings is 2. The average molecular weight is 336 g/mol. The standard InChI is InChI=1S/C19H16N2O2S/c1-23-16-12-6-5-8-14(16)9-7-13-17-18(22)21-19(24-17)20-15-10-3-2-4-11-15/h2-13H,1H3,(H,20,21,22)/b9-7+,17-13+. The molecule has 0 aliphatic carbocycles. The fourth-order valence-corrected chi connectivity index (χ4v) is 2.95. The van der Waals surface area contributed by atoms with Crippen LogP contribution in [0.2, 0.25) is 0 Å². The number of carbonyl (C=O) groups is 1. The molecule has 3 rings (SSSR count). The highest BCUT2D eigenvalue weighted by Gasteiger charge is 2.22. The van der Waals surface area contributed by atoms with Crippen LogP contribution in [0.1, 0.15) is 5.56 Å². The minimum atomic E-state index is -0.139. The minimum absolute atomic E-state index is 0.139. The zero-order chi connectivity index (χ0) is 16.8. The maximum atomic E-state index is 12.0. The van der Waals surface area contributed by atoms with Crippen LogP contribution < -0.4 is 10.1 Å². The number of carbonyl (C=O) groups excluding carboxylic acids is 1. The topological polar surface area (TPSA) is 50.7 Å². The number of amides is 1. The molecule has 24 heavy (non-hydrogen) atoms. The van der Waals surface area contributed by atoms with Crippen molar-refractivity contribution in [3.05, 3.63) is 77.2 Å². The number of hydrogen-bond donors (Lipinski definition) is 1. The van der Waals surface area contributed by atoms with Crippen LogP contribution in [0, 0.1) is 0 Å². The first kappa shape index (κ1) is 16.1. The van der Waals surface area contributed by atoms with Crippen molar-refractivity contribution in [3.63, 3.8) is 0 Å². The van der Waals surface area contributed by atoms with E-state index in [4.69, 9.17) is 4.74 Å². The second kappa shape index (κ2) is 7.66. The molecule has 0 atom stereocenters. The number of hydrogen-bond acceptors (Lipinski definition) is 4. The van der Waals surface area contributed by atoms with Gasteiger partial charge >= 0.3 is 0 Å². The number of para-hydroxylation sites is 2. The van der Waals surface area contributed by atoms with Gasteiger partial charge in [-0.1, -0.05) is 48.6 Å². The van der Waals surface area contributed by atoms with Crippen molar-refractivity contribution in [1.82, 2.24) is 5.32 Å². The van der Waals surface area contributed by atoms with E-state index in [0.29, 0.717) is 10.1 Å². The molecule has 1 heterocycles. The highest BCUT2D eigenvalue weighted by atomic mass is 32.2. The van der Waals surface area contributed by atoms with Crippen LogP contribution in [0.3, 0.4) is 0 Å². The third-order valence-corrected chi connectivity index (χ3v) is 4.23. The van der Waals surface area contributed by atoms with Crippen LogP contribution in [0.25, 0.3) is 6.08 Å². The number of methoxy groups -OCH3 is 1. The van der Waals surface area contributed by atoms with E-state index >= 15 is 0 Å². The number of allylic oxidation sites excluding steroid dienone is 2. The van der Waals surface area contributed by atoms with Crippen LogP contribution in [0.4, 0.5) is 5.69 Å². The van der Waals surface area contributed by atoms with E-state index in [2.05, 4.69) is 10.3 Å². The molecule has 5 heteroatoms. The van der Waals surface area contributed by atoms with E-state index in [0.717, 1.165) is 17.0 Å². The number of amidine groups is 1. The molecule has 0 radical (unpaired) electrons. The number of thioether (sulfide) groups is 1. The minimum Gasteiger partial charge on any atom is -0.496 e. The van der Waals surface area contributed by atoms with Crippen molar-refractivity contribution in [2.45, 2.75) is 0 Å². The Labute approximate surface area is 145 Å². The molecular weight excluding hydrogens is 320 g/mol. The van der Waals surface area contributed by atoms with Gasteiger partial charge in [-0.05, 0) is 36.0 Å². The number of rotatable bonds is 4. The normalized spacial score (nSPS) is 17.6. The summed E-state index contributed by atoms with van der Waals surface area (Å²) < 4.78 is 5.30. The Morgan fingerprint density at radius 3 is 2.62 bits per heavy atom. The highest BCUT2D eigenvalue weighted by molar-refractivity contribution is 8.18. The van der Waals surface area contributed by atoms with E-state index < -0.39 is 0 Å². The number of nitrogens with zero attached hydrogens (tertiary/aromatic N) is 1. The average Bonchev–Trinajstić information content (AvgIpc) is 2.95. The third kappa shape index (κ3) is 3.94. The van der Waals surface area contributed by atoms with Crippen LogP contribution in [-0.2, 0) is 4.79 Å². The molecule has 2 aromatic carbocycles. The van der Waals surface area contributed by atoms with E-state index in [9.17, 15) is 4.79 Å². The van der Waals surface area contributed by atoms with Crippen molar-refractivity contribution in [2.24, 2.45) is 4.99 Å². The molecule has 0 aromatic heterocycles. The lowest BCUT2D eigenvalue weighted by Crippen LogP contribution is -2.19. The lowest BCUT2D eigenvalue weighted by atomic mass is 10.2. The highest BCUT2D eigenvalue weighted by Crippen LogP contribution is 2.26. The summed E-state index contributed by atoms with van der Waals surface area (Å²) in [5.41, 5.74) is 1.77. The summed E-state index contributed by atoms with van der Waals surface area (Å²) in [6, 6.07) is 17.2. The van der Waals surface area contributed by atoms with Crippen molar-refractivity contribution >= 4 is 34.6 Å². The summed E-state index contributed by atoms with van der Waals surface area (Å²) in [5, 5.41) is 3.36. The van der Waals surface area contributed by atoms with Gasteiger partial charge in [0.1, 0.15) is 5.75 Å². The Balaban J connectivity index is 1.73. The fraction of sp³-hybridized carbons (Fsp3) is 0.0526. The molecule has 1 amide bonds. The van der Waals surface area contributed by atoms with Crippen molar-refractivity contribution < 1.29 is 9.53 Å². The SMILES string of the molecule is COc1ccccc1/C=C/C=C1/SC(=Nc2ccccc2)NC1=O. The molecule has 0 unspecified atom stereocenters. The summed E-state index contributed by atoms with van der Waals surface area (Å²) in [7, 11) is 1.64. The fourth-order valence-electron chi connectivity index (χ4n) is 2.16. The van der Waals surface area contributed by atoms with Gasteiger partial charge in [0.15, 0.2) is 5.17 Å². The molecule has 0 saturated carbocycles. The van der Waals surface area contributed by atoms with Gasteiger partial charge in [-0.3, -0.25) is 4.79 Å². The van der Waals surface area contributed by atoms with E-state index in [1.54, 1.807) is 13.2 Å². The molecule has 1 fully saturated rings. The third-order valence-electron chi connectivity index (χ3n) is 3.30. The van der Waals surface area contributed by atoms with Gasteiger partial charge in [0.25, 0.3) is 5.91 Å². The first-order chi connectivity index (χ1) is 11.8. The second-order valence-electron chi connectivity index (χ2n) is 4.94. The van der Waals surface area contributed by atoms with Crippen LogP contribution in [-0.4, -0.2) is 18.2 Å². The van der Waals surface area contributed by atoms with E-state index in [-0.39, 0.29) is 5.91 Å². The van der Waals surface area contributed by atoms with Crippen molar-refractivity contribution in [2.75, 3.05) is 7.11 Å². The first-order valence-corrected chi connectivity index (χ1v) is 8.22. The van der Waals surface area contributed by atoms with Gasteiger partial charge in [0.2, 0.25) is 0 Å². The molecule has 2 aromatic rings. The Morgan fingerprint density at radius 2 is 1.83 bits per heavy atom. The van der Waals surface area contributed by atoms with Crippen LogP contribution >= 0.6 is 11.8 Å². The Morgan fingerprint density at radius 1 is 1.08 bits per heavy atom. The van der Waals surface area contributed by atoms with Crippen LogP contribution in [0.15, 0.2) is 76.6 Å². The van der Waals surface area contributed by atoms with Crippen LogP contribution in [0.5, 0.6) is 5.75 Å². The molecule has 120 valence electrons. The number of ether oxygens (including phenoxy) is 1. The molecule has 1 aliphatic heterocycles. The summed E-state index contributed by atoms with van der Waals surface area (Å²) in [6.07, 6.45) is 5.52. The summed E-state index contributed by atoms with van der Waals surface area (Å²) in [6.45, 7) is 0. The summed E-state index contributed by atoms with van der Waals surface area (Å²) in [4.78, 5) is 17.0. The largest absolute Gasteiger partial charge is 0.496 e. The van der Waals surface area contributed by atoms with Gasteiger partial charge in [0.05, 0.1) is 17.7 Å². The first-order valence-electron chi connectivity index (χ1n) is 7.40. The zero-order valence-electron chi connectivity index (χ0n) is 13.1. The van der Waals surface area contributed by atoms with E-state index in [1.807, 2.05) is 66.7 Å². The van der Waals surface area contributed by atoms with E-state index in [1.165, 1.54) is 11.8 Å². The van der Waals surface area contributed by atoms with Gasteiger partial charge in [-0.2, -0.15) is 0 Å². The number of aliphatic imine (C=N–C) groups is 1. The summed E-state index contributed by atoms with van der Waals surface area (Å²) in [5.74, 6) is 0.654. The quantitative estimate of drug-likeness (QED) is 0.854. The number of nitrogens with one attached hydrogen (secondary N) is 1.